The second kappa shape index (κ2) is 6.09. The van der Waals surface area contributed by atoms with E-state index in [1.54, 1.807) is 7.11 Å². The van der Waals surface area contributed by atoms with E-state index in [0.717, 1.165) is 38.2 Å². The van der Waals surface area contributed by atoms with Crippen LogP contribution in [0.5, 0.6) is 5.75 Å². The van der Waals surface area contributed by atoms with Crippen molar-refractivity contribution >= 4 is 10.9 Å². The van der Waals surface area contributed by atoms with Gasteiger partial charge in [0.25, 0.3) is 0 Å². The standard InChI is InChI=1S/C20H22N2O/c1-23-19-4-2-3-15(13-19)11-16-5-6-20-17(12-16)14-18-7-8-21-9-10-22(18)20/h2-6,12-14,21H,7-11H2,1H3. The van der Waals surface area contributed by atoms with Gasteiger partial charge < -0.3 is 14.6 Å². The van der Waals surface area contributed by atoms with Gasteiger partial charge in [0.1, 0.15) is 5.75 Å². The first kappa shape index (κ1) is 14.3. The van der Waals surface area contributed by atoms with E-state index >= 15 is 0 Å². The van der Waals surface area contributed by atoms with Gasteiger partial charge in [-0.15, -0.1) is 0 Å². The number of fused-ring (bicyclic) bond motifs is 3. The fraction of sp³-hybridized carbons (Fsp3) is 0.300. The molecule has 2 heterocycles. The zero-order valence-corrected chi connectivity index (χ0v) is 13.5. The Labute approximate surface area is 136 Å². The van der Waals surface area contributed by atoms with E-state index in [9.17, 15) is 0 Å². The molecule has 0 bridgehead atoms. The van der Waals surface area contributed by atoms with Crippen LogP contribution in [0.25, 0.3) is 10.9 Å². The van der Waals surface area contributed by atoms with Gasteiger partial charge >= 0.3 is 0 Å². The molecule has 4 rings (SSSR count). The van der Waals surface area contributed by atoms with Crippen molar-refractivity contribution in [3.05, 3.63) is 65.4 Å². The van der Waals surface area contributed by atoms with E-state index in [2.05, 4.69) is 52.3 Å². The highest BCUT2D eigenvalue weighted by Gasteiger charge is 2.11. The minimum Gasteiger partial charge on any atom is -0.497 e. The molecule has 0 aliphatic carbocycles. The summed E-state index contributed by atoms with van der Waals surface area (Å²) in [6.45, 7) is 3.20. The Morgan fingerprint density at radius 3 is 2.87 bits per heavy atom. The molecule has 0 atom stereocenters. The van der Waals surface area contributed by atoms with Gasteiger partial charge in [0.15, 0.2) is 0 Å². The topological polar surface area (TPSA) is 26.2 Å². The molecule has 0 saturated heterocycles. The van der Waals surface area contributed by atoms with Gasteiger partial charge in [-0.1, -0.05) is 18.2 Å². The zero-order valence-electron chi connectivity index (χ0n) is 13.5. The monoisotopic (exact) mass is 306 g/mol. The maximum absolute atomic E-state index is 5.32. The van der Waals surface area contributed by atoms with Crippen molar-refractivity contribution < 1.29 is 4.74 Å². The third-order valence-corrected chi connectivity index (χ3v) is 4.66. The molecule has 0 radical (unpaired) electrons. The summed E-state index contributed by atoms with van der Waals surface area (Å²) in [5.74, 6) is 0.923. The van der Waals surface area contributed by atoms with Gasteiger partial charge in [-0.2, -0.15) is 0 Å². The maximum atomic E-state index is 5.32. The molecular formula is C20H22N2O. The van der Waals surface area contributed by atoms with Crippen LogP contribution < -0.4 is 10.1 Å². The largest absolute Gasteiger partial charge is 0.497 e. The van der Waals surface area contributed by atoms with E-state index < -0.39 is 0 Å². The van der Waals surface area contributed by atoms with Crippen LogP contribution in [0.4, 0.5) is 0 Å². The third-order valence-electron chi connectivity index (χ3n) is 4.66. The number of rotatable bonds is 3. The number of ether oxygens (including phenoxy) is 1. The molecule has 0 saturated carbocycles. The first-order valence-corrected chi connectivity index (χ1v) is 8.28. The van der Waals surface area contributed by atoms with Crippen LogP contribution in [0.2, 0.25) is 0 Å². The lowest BCUT2D eigenvalue weighted by atomic mass is 10.0. The lowest BCUT2D eigenvalue weighted by molar-refractivity contribution is 0.414. The molecule has 1 aliphatic rings. The van der Waals surface area contributed by atoms with Gasteiger partial charge in [-0.3, -0.25) is 0 Å². The predicted molar refractivity (Wildman–Crippen MR) is 94.3 cm³/mol. The Kier molecular flexibility index (Phi) is 3.80. The third kappa shape index (κ3) is 2.84. The van der Waals surface area contributed by atoms with Gasteiger partial charge in [0.2, 0.25) is 0 Å². The molecule has 1 aromatic heterocycles. The minimum atomic E-state index is 0.923. The first-order valence-electron chi connectivity index (χ1n) is 8.28. The van der Waals surface area contributed by atoms with Crippen LogP contribution >= 0.6 is 0 Å². The molecular weight excluding hydrogens is 284 g/mol. The smallest absolute Gasteiger partial charge is 0.119 e. The van der Waals surface area contributed by atoms with Crippen LogP contribution in [0.15, 0.2) is 48.5 Å². The van der Waals surface area contributed by atoms with Crippen molar-refractivity contribution in [3.63, 3.8) is 0 Å². The summed E-state index contributed by atoms with van der Waals surface area (Å²) in [6.07, 6.45) is 2.05. The summed E-state index contributed by atoms with van der Waals surface area (Å²) < 4.78 is 7.78. The Morgan fingerprint density at radius 1 is 1.04 bits per heavy atom. The molecule has 3 aromatic rings. The molecule has 0 spiro atoms. The molecule has 0 fully saturated rings. The van der Waals surface area contributed by atoms with Crippen LogP contribution in [-0.4, -0.2) is 24.8 Å². The van der Waals surface area contributed by atoms with E-state index in [-0.39, 0.29) is 0 Å². The van der Waals surface area contributed by atoms with Crippen molar-refractivity contribution in [1.82, 2.24) is 9.88 Å². The second-order valence-electron chi connectivity index (χ2n) is 6.21. The number of methoxy groups -OCH3 is 1. The Bertz CT molecular complexity index is 835. The van der Waals surface area contributed by atoms with E-state index in [1.807, 2.05) is 6.07 Å². The summed E-state index contributed by atoms with van der Waals surface area (Å²) in [5.41, 5.74) is 5.44. The van der Waals surface area contributed by atoms with Gasteiger partial charge in [0, 0.05) is 42.7 Å². The fourth-order valence-electron chi connectivity index (χ4n) is 3.51. The Morgan fingerprint density at radius 2 is 1.96 bits per heavy atom. The van der Waals surface area contributed by atoms with Crippen molar-refractivity contribution in [1.29, 1.82) is 0 Å². The summed E-state index contributed by atoms with van der Waals surface area (Å²) in [6, 6.07) is 17.6. The highest BCUT2D eigenvalue weighted by Crippen LogP contribution is 2.24. The van der Waals surface area contributed by atoms with Crippen molar-refractivity contribution in [3.8, 4) is 5.75 Å². The van der Waals surface area contributed by atoms with Crippen LogP contribution in [0.1, 0.15) is 16.8 Å². The molecule has 1 N–H and O–H groups in total. The van der Waals surface area contributed by atoms with Gasteiger partial charge in [-0.05, 0) is 47.9 Å². The minimum absolute atomic E-state index is 0.923. The van der Waals surface area contributed by atoms with Crippen molar-refractivity contribution in [2.24, 2.45) is 0 Å². The van der Waals surface area contributed by atoms with Crippen LogP contribution in [-0.2, 0) is 19.4 Å². The van der Waals surface area contributed by atoms with E-state index in [4.69, 9.17) is 4.74 Å². The van der Waals surface area contributed by atoms with E-state index in [0.29, 0.717) is 0 Å². The Hall–Kier alpha value is -2.26. The maximum Gasteiger partial charge on any atom is 0.119 e. The summed E-state index contributed by atoms with van der Waals surface area (Å²) in [7, 11) is 1.72. The summed E-state index contributed by atoms with van der Waals surface area (Å²) in [4.78, 5) is 0. The van der Waals surface area contributed by atoms with Gasteiger partial charge in [-0.25, -0.2) is 0 Å². The van der Waals surface area contributed by atoms with E-state index in [1.165, 1.54) is 27.7 Å². The normalized spacial score (nSPS) is 14.5. The highest BCUT2D eigenvalue weighted by molar-refractivity contribution is 5.82. The SMILES string of the molecule is COc1cccc(Cc2ccc3c(c2)cc2n3CCNCC2)c1. The number of nitrogens with one attached hydrogen (secondary N) is 1. The second-order valence-corrected chi connectivity index (χ2v) is 6.21. The molecule has 0 amide bonds. The summed E-state index contributed by atoms with van der Waals surface area (Å²) in [5, 5.41) is 4.83. The van der Waals surface area contributed by atoms with Crippen molar-refractivity contribution in [2.75, 3.05) is 20.2 Å². The molecule has 3 nitrogen and oxygen atoms in total. The average Bonchev–Trinajstić information content (AvgIpc) is 2.75. The summed E-state index contributed by atoms with van der Waals surface area (Å²) >= 11 is 0. The van der Waals surface area contributed by atoms with Crippen molar-refractivity contribution in [2.45, 2.75) is 19.4 Å². The lowest BCUT2D eigenvalue weighted by Crippen LogP contribution is -2.17. The first-order chi connectivity index (χ1) is 11.3. The number of nitrogens with zero attached hydrogens (tertiary/aromatic N) is 1. The average molecular weight is 306 g/mol. The van der Waals surface area contributed by atoms with Crippen LogP contribution in [0.3, 0.4) is 0 Å². The number of hydrogen-bond acceptors (Lipinski definition) is 2. The molecule has 0 unspecified atom stereocenters. The van der Waals surface area contributed by atoms with Crippen LogP contribution in [0, 0.1) is 0 Å². The number of hydrogen-bond donors (Lipinski definition) is 1. The fourth-order valence-corrected chi connectivity index (χ4v) is 3.51. The highest BCUT2D eigenvalue weighted by atomic mass is 16.5. The molecule has 118 valence electrons. The molecule has 1 aliphatic heterocycles. The number of benzene rings is 2. The Balaban J connectivity index is 1.66. The van der Waals surface area contributed by atoms with Gasteiger partial charge in [0.05, 0.1) is 7.11 Å². The molecule has 3 heteroatoms. The quantitative estimate of drug-likeness (QED) is 0.803. The molecule has 23 heavy (non-hydrogen) atoms. The predicted octanol–water partition coefficient (Wildman–Crippen LogP) is 3.39. The lowest BCUT2D eigenvalue weighted by Gasteiger charge is -2.07. The zero-order chi connectivity index (χ0) is 15.6. The number of aromatic nitrogens is 1. The molecule has 2 aromatic carbocycles.